The van der Waals surface area contributed by atoms with Gasteiger partial charge in [-0.15, -0.1) is 12.4 Å². The number of rotatable bonds is 4. The van der Waals surface area contributed by atoms with Gasteiger partial charge in [-0.05, 0) is 0 Å². The Hall–Kier alpha value is -0.912. The maximum Gasteiger partial charge on any atom is -0.147 e. The summed E-state index contributed by atoms with van der Waals surface area (Å²) in [6.07, 6.45) is 1.04. The van der Waals surface area contributed by atoms with E-state index in [0.717, 1.165) is 6.42 Å². The third kappa shape index (κ3) is 3.80. The fourth-order valence-electron chi connectivity index (χ4n) is 1.94. The van der Waals surface area contributed by atoms with Gasteiger partial charge in [-0.1, -0.05) is 0 Å². The van der Waals surface area contributed by atoms with E-state index in [-0.39, 0.29) is 12.4 Å². The van der Waals surface area contributed by atoms with Gasteiger partial charge in [-0.25, -0.2) is 0 Å². The van der Waals surface area contributed by atoms with Crippen molar-refractivity contribution in [3.63, 3.8) is 0 Å². The molecule has 1 unspecified atom stereocenters. The van der Waals surface area contributed by atoms with E-state index in [0.29, 0.717) is 4.71 Å². The second kappa shape index (κ2) is 7.51. The van der Waals surface area contributed by atoms with Crippen LogP contribution in [0.4, 0.5) is 5.69 Å². The number of halogens is 1. The minimum atomic E-state index is 0. The number of hydrogen-bond donors (Lipinski definition) is 1. The first kappa shape index (κ1) is 15.1. The molecule has 0 saturated carbocycles. The van der Waals surface area contributed by atoms with E-state index >= 15 is 0 Å². The van der Waals surface area contributed by atoms with Crippen LogP contribution in [0.25, 0.3) is 0 Å². The van der Waals surface area contributed by atoms with Gasteiger partial charge in [-0.2, -0.15) is 0 Å². The van der Waals surface area contributed by atoms with Crippen molar-refractivity contribution in [1.29, 1.82) is 0 Å². The maximum absolute atomic E-state index is 3.25. The maximum atomic E-state index is 3.25. The average Bonchev–Trinajstić information content (AvgIpc) is 2.40. The van der Waals surface area contributed by atoms with Crippen LogP contribution < -0.4 is 5.32 Å². The van der Waals surface area contributed by atoms with Gasteiger partial charge < -0.3 is 0 Å². The second-order valence-electron chi connectivity index (χ2n) is 4.04. The summed E-state index contributed by atoms with van der Waals surface area (Å²) in [4.78, 5) is 0. The van der Waals surface area contributed by atoms with E-state index in [1.54, 1.807) is 0 Å². The fraction of sp³-hybridized carbons (Fsp3) is 0.200. The monoisotopic (exact) mass is 321 g/mol. The normalized spacial score (nSPS) is 11.4. The SMILES string of the molecule is CNc1ccccc1CC([As])c1ccccc1.Cl. The zero-order chi connectivity index (χ0) is 12.1. The summed E-state index contributed by atoms with van der Waals surface area (Å²) in [5.74, 6) is 0. The Morgan fingerprint density at radius 1 is 1.00 bits per heavy atom. The molecule has 0 aliphatic heterocycles. The van der Waals surface area contributed by atoms with Crippen molar-refractivity contribution >= 4 is 34.9 Å². The number of hydrogen-bond acceptors (Lipinski definition) is 1. The summed E-state index contributed by atoms with van der Waals surface area (Å²) in [5, 5.41) is 3.25. The molecule has 2 aromatic carbocycles. The molecule has 0 amide bonds. The Kier molecular flexibility index (Phi) is 6.32. The molecular formula is C15H17AsClN. The quantitative estimate of drug-likeness (QED) is 0.848. The Morgan fingerprint density at radius 2 is 1.61 bits per heavy atom. The van der Waals surface area contributed by atoms with Crippen molar-refractivity contribution in [3.05, 3.63) is 65.7 Å². The summed E-state index contributed by atoms with van der Waals surface area (Å²) < 4.78 is 0.484. The average molecular weight is 322 g/mol. The number of nitrogens with one attached hydrogen (secondary N) is 1. The standard InChI is InChI=1S/C15H16AsN.ClH/c1-17-15-10-6-5-9-13(15)11-14(16)12-7-3-2-4-8-12;/h2-10,14,17H,11H2,1H3;1H. The first-order valence-corrected chi connectivity index (χ1v) is 6.88. The number of para-hydroxylation sites is 1. The van der Waals surface area contributed by atoms with Crippen LogP contribution in [-0.4, -0.2) is 23.9 Å². The van der Waals surface area contributed by atoms with Crippen molar-refractivity contribution in [2.75, 3.05) is 12.4 Å². The molecule has 94 valence electrons. The summed E-state index contributed by atoms with van der Waals surface area (Å²) in [7, 11) is 1.97. The molecule has 0 aromatic heterocycles. The van der Waals surface area contributed by atoms with Crippen LogP contribution in [0, 0.1) is 0 Å². The first-order valence-electron chi connectivity index (χ1n) is 5.80. The molecule has 0 saturated heterocycles. The molecule has 2 radical (unpaired) electrons. The van der Waals surface area contributed by atoms with E-state index in [4.69, 9.17) is 0 Å². The van der Waals surface area contributed by atoms with Crippen LogP contribution in [0.2, 0.25) is 0 Å². The van der Waals surface area contributed by atoms with Crippen LogP contribution >= 0.6 is 12.4 Å². The molecule has 1 nitrogen and oxygen atoms in total. The Balaban J connectivity index is 0.00000162. The molecule has 2 aromatic rings. The predicted molar refractivity (Wildman–Crippen MR) is 81.9 cm³/mol. The summed E-state index contributed by atoms with van der Waals surface area (Å²) in [6.45, 7) is 0. The smallest absolute Gasteiger partial charge is 0.147 e. The van der Waals surface area contributed by atoms with Crippen molar-refractivity contribution in [3.8, 4) is 0 Å². The van der Waals surface area contributed by atoms with Crippen LogP contribution in [0.15, 0.2) is 54.6 Å². The molecular weight excluding hydrogens is 305 g/mol. The number of anilines is 1. The molecule has 2 rings (SSSR count). The Labute approximate surface area is 124 Å². The van der Waals surface area contributed by atoms with E-state index in [1.807, 2.05) is 7.05 Å². The molecule has 3 heteroatoms. The minimum Gasteiger partial charge on any atom is -0.147 e. The summed E-state index contributed by atoms with van der Waals surface area (Å²) >= 11 is 2.77. The molecule has 0 aliphatic rings. The molecule has 0 spiro atoms. The van der Waals surface area contributed by atoms with Crippen molar-refractivity contribution in [2.24, 2.45) is 0 Å². The van der Waals surface area contributed by atoms with Gasteiger partial charge in [0.1, 0.15) is 0 Å². The van der Waals surface area contributed by atoms with E-state index < -0.39 is 0 Å². The molecule has 18 heavy (non-hydrogen) atoms. The van der Waals surface area contributed by atoms with Gasteiger partial charge in [0.15, 0.2) is 0 Å². The Morgan fingerprint density at radius 3 is 2.28 bits per heavy atom. The fourth-order valence-corrected chi connectivity index (χ4v) is 2.72. The zero-order valence-electron chi connectivity index (χ0n) is 10.3. The zero-order valence-corrected chi connectivity index (χ0v) is 13.0. The van der Waals surface area contributed by atoms with Gasteiger partial charge in [0, 0.05) is 0 Å². The van der Waals surface area contributed by atoms with E-state index in [2.05, 4.69) is 76.8 Å². The van der Waals surface area contributed by atoms with Gasteiger partial charge in [0.25, 0.3) is 0 Å². The topological polar surface area (TPSA) is 12.0 Å². The van der Waals surface area contributed by atoms with Gasteiger partial charge in [0.05, 0.1) is 0 Å². The van der Waals surface area contributed by atoms with Gasteiger partial charge in [-0.3, -0.25) is 0 Å². The third-order valence-electron chi connectivity index (χ3n) is 2.88. The molecule has 0 bridgehead atoms. The van der Waals surface area contributed by atoms with Crippen LogP contribution in [0.5, 0.6) is 0 Å². The molecule has 0 heterocycles. The number of benzene rings is 2. The summed E-state index contributed by atoms with van der Waals surface area (Å²) in [6, 6.07) is 19.1. The molecule has 1 atom stereocenters. The Bertz CT molecular complexity index is 473. The van der Waals surface area contributed by atoms with Crippen molar-refractivity contribution in [1.82, 2.24) is 0 Å². The van der Waals surface area contributed by atoms with Crippen LogP contribution in [0.3, 0.4) is 0 Å². The summed E-state index contributed by atoms with van der Waals surface area (Å²) in [5.41, 5.74) is 3.96. The molecule has 1 N–H and O–H groups in total. The second-order valence-corrected chi connectivity index (χ2v) is 5.35. The van der Waals surface area contributed by atoms with Crippen molar-refractivity contribution in [2.45, 2.75) is 11.1 Å². The van der Waals surface area contributed by atoms with Gasteiger partial charge >= 0.3 is 112 Å². The van der Waals surface area contributed by atoms with Crippen molar-refractivity contribution < 1.29 is 0 Å². The largest absolute Gasteiger partial charge is 0.147 e. The van der Waals surface area contributed by atoms with Crippen LogP contribution in [0.1, 0.15) is 15.8 Å². The van der Waals surface area contributed by atoms with E-state index in [9.17, 15) is 0 Å². The first-order chi connectivity index (χ1) is 8.31. The molecule has 0 fully saturated rings. The van der Waals surface area contributed by atoms with Crippen LogP contribution in [-0.2, 0) is 6.42 Å². The molecule has 0 aliphatic carbocycles. The predicted octanol–water partition coefficient (Wildman–Crippen LogP) is 3.60. The van der Waals surface area contributed by atoms with E-state index in [1.165, 1.54) is 16.8 Å². The van der Waals surface area contributed by atoms with Gasteiger partial charge in [0.2, 0.25) is 0 Å². The third-order valence-corrected chi connectivity index (χ3v) is 3.89. The minimum absolute atomic E-state index is 0.